The molecule has 0 aliphatic carbocycles. The molecule has 20 heavy (non-hydrogen) atoms. The average molecular weight is 316 g/mol. The standard InChI is InChI=1S/C14H15Cl2NO3/c15-10-5-3-9(11(16)8-10)4-6-13(18)17-7-1-2-12(17)14(19)20/h3,5,8,12H,1-2,4,6-7H2,(H,19,20). The Labute approximate surface area is 127 Å². The predicted molar refractivity (Wildman–Crippen MR) is 77.2 cm³/mol. The van der Waals surface area contributed by atoms with Gasteiger partial charge >= 0.3 is 5.97 Å². The van der Waals surface area contributed by atoms with Gasteiger partial charge in [-0.2, -0.15) is 0 Å². The molecule has 1 unspecified atom stereocenters. The average Bonchev–Trinajstić information content (AvgIpc) is 2.86. The number of hydrogen-bond acceptors (Lipinski definition) is 2. The fourth-order valence-corrected chi connectivity index (χ4v) is 2.93. The Morgan fingerprint density at radius 1 is 1.35 bits per heavy atom. The number of carboxylic acids is 1. The number of likely N-dealkylation sites (tertiary alicyclic amines) is 1. The molecule has 1 aromatic carbocycles. The lowest BCUT2D eigenvalue weighted by Crippen LogP contribution is -2.40. The Bertz CT molecular complexity index is 533. The zero-order valence-electron chi connectivity index (χ0n) is 10.8. The fourth-order valence-electron chi connectivity index (χ4n) is 2.43. The Morgan fingerprint density at radius 2 is 2.10 bits per heavy atom. The second kappa shape index (κ2) is 6.46. The molecule has 6 heteroatoms. The number of halogens is 2. The predicted octanol–water partition coefficient (Wildman–Crippen LogP) is 3.00. The Balaban J connectivity index is 1.96. The molecule has 1 fully saturated rings. The first-order chi connectivity index (χ1) is 9.49. The van der Waals surface area contributed by atoms with Crippen LogP contribution in [0.1, 0.15) is 24.8 Å². The second-order valence-corrected chi connectivity index (χ2v) is 5.66. The summed E-state index contributed by atoms with van der Waals surface area (Å²) in [6, 6.07) is 4.47. The molecule has 0 aromatic heterocycles. The number of carboxylic acid groups (broad SMARTS) is 1. The van der Waals surface area contributed by atoms with Crippen LogP contribution in [0.25, 0.3) is 0 Å². The third-order valence-electron chi connectivity index (χ3n) is 3.48. The van der Waals surface area contributed by atoms with Crippen molar-refractivity contribution in [1.82, 2.24) is 4.90 Å². The molecular weight excluding hydrogens is 301 g/mol. The summed E-state index contributed by atoms with van der Waals surface area (Å²) < 4.78 is 0. The van der Waals surface area contributed by atoms with Crippen LogP contribution in [0.2, 0.25) is 10.0 Å². The second-order valence-electron chi connectivity index (χ2n) is 4.82. The topological polar surface area (TPSA) is 57.6 Å². The summed E-state index contributed by atoms with van der Waals surface area (Å²) in [7, 11) is 0. The van der Waals surface area contributed by atoms with E-state index in [2.05, 4.69) is 0 Å². The van der Waals surface area contributed by atoms with Crippen molar-refractivity contribution in [2.24, 2.45) is 0 Å². The monoisotopic (exact) mass is 315 g/mol. The number of aryl methyl sites for hydroxylation is 1. The van der Waals surface area contributed by atoms with Crippen molar-refractivity contribution in [3.8, 4) is 0 Å². The third-order valence-corrected chi connectivity index (χ3v) is 4.07. The highest BCUT2D eigenvalue weighted by molar-refractivity contribution is 6.35. The number of carbonyl (C=O) groups excluding carboxylic acids is 1. The maximum atomic E-state index is 12.1. The highest BCUT2D eigenvalue weighted by Crippen LogP contribution is 2.23. The Kier molecular flexibility index (Phi) is 4.89. The number of nitrogens with zero attached hydrogens (tertiary/aromatic N) is 1. The molecule has 1 aromatic rings. The quantitative estimate of drug-likeness (QED) is 0.929. The zero-order valence-corrected chi connectivity index (χ0v) is 12.3. The van der Waals surface area contributed by atoms with E-state index in [4.69, 9.17) is 28.3 Å². The van der Waals surface area contributed by atoms with Crippen LogP contribution in [0, 0.1) is 0 Å². The van der Waals surface area contributed by atoms with Gasteiger partial charge in [0.15, 0.2) is 0 Å². The lowest BCUT2D eigenvalue weighted by molar-refractivity contribution is -0.148. The van der Waals surface area contributed by atoms with Crippen molar-refractivity contribution in [1.29, 1.82) is 0 Å². The first kappa shape index (κ1) is 15.1. The molecule has 1 amide bonds. The van der Waals surface area contributed by atoms with E-state index in [-0.39, 0.29) is 12.3 Å². The van der Waals surface area contributed by atoms with Gasteiger partial charge in [-0.3, -0.25) is 4.79 Å². The third kappa shape index (κ3) is 3.44. The first-order valence-electron chi connectivity index (χ1n) is 6.45. The minimum Gasteiger partial charge on any atom is -0.480 e. The van der Waals surface area contributed by atoms with E-state index >= 15 is 0 Å². The number of amides is 1. The van der Waals surface area contributed by atoms with Crippen LogP contribution in [-0.2, 0) is 16.0 Å². The smallest absolute Gasteiger partial charge is 0.326 e. The van der Waals surface area contributed by atoms with Crippen LogP contribution in [0.5, 0.6) is 0 Å². The van der Waals surface area contributed by atoms with E-state index in [1.165, 1.54) is 4.90 Å². The van der Waals surface area contributed by atoms with E-state index < -0.39 is 12.0 Å². The molecule has 2 rings (SSSR count). The van der Waals surface area contributed by atoms with Crippen molar-refractivity contribution in [2.75, 3.05) is 6.54 Å². The van der Waals surface area contributed by atoms with Gasteiger partial charge in [-0.1, -0.05) is 29.3 Å². The van der Waals surface area contributed by atoms with Crippen LogP contribution in [0.15, 0.2) is 18.2 Å². The SMILES string of the molecule is O=C(O)C1CCCN1C(=O)CCc1ccc(Cl)cc1Cl. The van der Waals surface area contributed by atoms with E-state index in [9.17, 15) is 9.59 Å². The molecule has 1 atom stereocenters. The van der Waals surface area contributed by atoms with Gasteiger partial charge < -0.3 is 10.0 Å². The van der Waals surface area contributed by atoms with Gasteiger partial charge in [-0.15, -0.1) is 0 Å². The summed E-state index contributed by atoms with van der Waals surface area (Å²) in [4.78, 5) is 24.6. The van der Waals surface area contributed by atoms with E-state index in [1.807, 2.05) is 0 Å². The van der Waals surface area contributed by atoms with E-state index in [1.54, 1.807) is 18.2 Å². The first-order valence-corrected chi connectivity index (χ1v) is 7.21. The van der Waals surface area contributed by atoms with Crippen molar-refractivity contribution < 1.29 is 14.7 Å². The summed E-state index contributed by atoms with van der Waals surface area (Å²) in [6.45, 7) is 0.518. The molecule has 108 valence electrons. The maximum Gasteiger partial charge on any atom is 0.326 e. The van der Waals surface area contributed by atoms with Gasteiger partial charge in [-0.05, 0) is 37.0 Å². The van der Waals surface area contributed by atoms with Crippen LogP contribution < -0.4 is 0 Å². The summed E-state index contributed by atoms with van der Waals surface area (Å²) in [5.41, 5.74) is 0.843. The van der Waals surface area contributed by atoms with E-state index in [0.29, 0.717) is 29.4 Å². The van der Waals surface area contributed by atoms with Crippen LogP contribution in [0.3, 0.4) is 0 Å². The fraction of sp³-hybridized carbons (Fsp3) is 0.429. The highest BCUT2D eigenvalue weighted by atomic mass is 35.5. The lowest BCUT2D eigenvalue weighted by atomic mass is 10.1. The molecule has 0 saturated carbocycles. The summed E-state index contributed by atoms with van der Waals surface area (Å²) in [5.74, 6) is -1.07. The zero-order chi connectivity index (χ0) is 14.7. The number of hydrogen-bond donors (Lipinski definition) is 1. The largest absolute Gasteiger partial charge is 0.480 e. The van der Waals surface area contributed by atoms with Gasteiger partial charge in [0, 0.05) is 23.0 Å². The number of rotatable bonds is 4. The van der Waals surface area contributed by atoms with Crippen LogP contribution >= 0.6 is 23.2 Å². The maximum absolute atomic E-state index is 12.1. The van der Waals surface area contributed by atoms with Crippen molar-refractivity contribution in [2.45, 2.75) is 31.7 Å². The van der Waals surface area contributed by atoms with Gasteiger partial charge in [0.1, 0.15) is 6.04 Å². The van der Waals surface area contributed by atoms with E-state index in [0.717, 1.165) is 12.0 Å². The summed E-state index contributed by atoms with van der Waals surface area (Å²) in [5, 5.41) is 10.1. The van der Waals surface area contributed by atoms with Crippen LogP contribution in [0.4, 0.5) is 0 Å². The molecule has 1 N–H and O–H groups in total. The molecule has 1 heterocycles. The molecule has 0 bridgehead atoms. The Hall–Kier alpha value is -1.26. The molecule has 1 aliphatic heterocycles. The number of aliphatic carboxylic acids is 1. The Morgan fingerprint density at radius 3 is 2.75 bits per heavy atom. The minimum atomic E-state index is -0.930. The molecule has 1 aliphatic rings. The van der Waals surface area contributed by atoms with Crippen molar-refractivity contribution in [3.63, 3.8) is 0 Å². The van der Waals surface area contributed by atoms with Gasteiger partial charge in [-0.25, -0.2) is 4.79 Å². The molecular formula is C14H15Cl2NO3. The normalized spacial score (nSPS) is 18.3. The minimum absolute atomic E-state index is 0.138. The molecule has 0 spiro atoms. The molecule has 1 saturated heterocycles. The number of carbonyl (C=O) groups is 2. The highest BCUT2D eigenvalue weighted by Gasteiger charge is 2.33. The summed E-state index contributed by atoms with van der Waals surface area (Å²) >= 11 is 11.9. The summed E-state index contributed by atoms with van der Waals surface area (Å²) in [6.07, 6.45) is 2.01. The van der Waals surface area contributed by atoms with Crippen molar-refractivity contribution >= 4 is 35.1 Å². The van der Waals surface area contributed by atoms with Crippen molar-refractivity contribution in [3.05, 3.63) is 33.8 Å². The van der Waals surface area contributed by atoms with Gasteiger partial charge in [0.25, 0.3) is 0 Å². The van der Waals surface area contributed by atoms with Gasteiger partial charge in [0.2, 0.25) is 5.91 Å². The van der Waals surface area contributed by atoms with Crippen LogP contribution in [-0.4, -0.2) is 34.5 Å². The lowest BCUT2D eigenvalue weighted by Gasteiger charge is -2.21. The van der Waals surface area contributed by atoms with Gasteiger partial charge in [0.05, 0.1) is 0 Å². The molecule has 0 radical (unpaired) electrons. The number of benzene rings is 1. The molecule has 4 nitrogen and oxygen atoms in total.